The number of hydrogen-bond donors (Lipinski definition) is 1. The second-order valence-electron chi connectivity index (χ2n) is 6.83. The van der Waals surface area contributed by atoms with E-state index in [2.05, 4.69) is 34.7 Å². The summed E-state index contributed by atoms with van der Waals surface area (Å²) in [6, 6.07) is 10.4. The highest BCUT2D eigenvalue weighted by Crippen LogP contribution is 2.32. The summed E-state index contributed by atoms with van der Waals surface area (Å²) in [6.45, 7) is 5.84. The largest absolute Gasteiger partial charge is 0.365 e. The lowest BCUT2D eigenvalue weighted by Gasteiger charge is -2.31. The van der Waals surface area contributed by atoms with Crippen LogP contribution in [0.1, 0.15) is 23.8 Å². The highest BCUT2D eigenvalue weighted by atomic mass is 32.1. The maximum atomic E-state index is 12.6. The van der Waals surface area contributed by atoms with E-state index in [1.54, 1.807) is 0 Å². The number of thiophene rings is 1. The van der Waals surface area contributed by atoms with E-state index >= 15 is 0 Å². The molecule has 0 saturated carbocycles. The van der Waals surface area contributed by atoms with Gasteiger partial charge in [0.25, 0.3) is 0 Å². The van der Waals surface area contributed by atoms with Crippen molar-refractivity contribution in [3.8, 4) is 0 Å². The molecular weight excluding hydrogens is 318 g/mol. The molecule has 1 saturated heterocycles. The molecule has 2 amide bonds. The standard InChI is InChI=1S/C19H23N3OS/c1-14-6-9-22(12-14)19(23)20-16-4-2-3-5-17(16)21-10-7-18-15(13-21)8-11-24-18/h2-5,8,11,14H,6-7,9-10,12-13H2,1H3,(H,20,23). The van der Waals surface area contributed by atoms with Crippen LogP contribution in [0.15, 0.2) is 35.7 Å². The summed E-state index contributed by atoms with van der Waals surface area (Å²) < 4.78 is 0. The molecule has 2 aliphatic heterocycles. The minimum absolute atomic E-state index is 0.0278. The number of amides is 2. The van der Waals surface area contributed by atoms with Crippen molar-refractivity contribution < 1.29 is 4.79 Å². The number of nitrogens with zero attached hydrogens (tertiary/aromatic N) is 2. The number of rotatable bonds is 2. The normalized spacial score (nSPS) is 20.1. The quantitative estimate of drug-likeness (QED) is 0.889. The predicted molar refractivity (Wildman–Crippen MR) is 99.9 cm³/mol. The van der Waals surface area contributed by atoms with Gasteiger partial charge in [0.15, 0.2) is 0 Å². The summed E-state index contributed by atoms with van der Waals surface area (Å²) in [7, 11) is 0. The lowest BCUT2D eigenvalue weighted by Crippen LogP contribution is -2.34. The number of anilines is 2. The van der Waals surface area contributed by atoms with Gasteiger partial charge in [-0.05, 0) is 47.9 Å². The fourth-order valence-corrected chi connectivity index (χ4v) is 4.51. The molecule has 4 rings (SSSR count). The van der Waals surface area contributed by atoms with Crippen molar-refractivity contribution in [2.24, 2.45) is 5.92 Å². The van der Waals surface area contributed by atoms with E-state index in [1.807, 2.05) is 34.4 Å². The molecule has 1 fully saturated rings. The second kappa shape index (κ2) is 6.48. The van der Waals surface area contributed by atoms with Gasteiger partial charge in [-0.15, -0.1) is 11.3 Å². The van der Waals surface area contributed by atoms with Gasteiger partial charge < -0.3 is 15.1 Å². The van der Waals surface area contributed by atoms with E-state index in [-0.39, 0.29) is 6.03 Å². The zero-order valence-corrected chi connectivity index (χ0v) is 14.8. The number of fused-ring (bicyclic) bond motifs is 1. The van der Waals surface area contributed by atoms with E-state index in [0.29, 0.717) is 5.92 Å². The van der Waals surface area contributed by atoms with Crippen LogP contribution < -0.4 is 10.2 Å². The lowest BCUT2D eigenvalue weighted by molar-refractivity contribution is 0.221. The fourth-order valence-electron chi connectivity index (χ4n) is 3.62. The van der Waals surface area contributed by atoms with Gasteiger partial charge in [-0.25, -0.2) is 4.79 Å². The van der Waals surface area contributed by atoms with Gasteiger partial charge in [-0.2, -0.15) is 0 Å². The molecule has 0 radical (unpaired) electrons. The van der Waals surface area contributed by atoms with Crippen LogP contribution in [-0.4, -0.2) is 30.6 Å². The summed E-state index contributed by atoms with van der Waals surface area (Å²) in [6.07, 6.45) is 2.18. The SMILES string of the molecule is CC1CCN(C(=O)Nc2ccccc2N2CCc3sccc3C2)C1. The number of urea groups is 1. The van der Waals surface area contributed by atoms with Crippen LogP contribution in [0.3, 0.4) is 0 Å². The molecule has 0 bridgehead atoms. The van der Waals surface area contributed by atoms with Crippen molar-refractivity contribution in [2.45, 2.75) is 26.3 Å². The molecule has 1 unspecified atom stereocenters. The molecule has 1 aromatic heterocycles. The van der Waals surface area contributed by atoms with Crippen LogP contribution in [0.5, 0.6) is 0 Å². The maximum absolute atomic E-state index is 12.6. The molecule has 2 aliphatic rings. The monoisotopic (exact) mass is 341 g/mol. The lowest BCUT2D eigenvalue weighted by atomic mass is 10.1. The molecule has 5 heteroatoms. The third-order valence-corrected chi connectivity index (χ3v) is 6.03. The number of hydrogen-bond acceptors (Lipinski definition) is 3. The van der Waals surface area contributed by atoms with Crippen LogP contribution in [-0.2, 0) is 13.0 Å². The van der Waals surface area contributed by atoms with Crippen molar-refractivity contribution in [3.05, 3.63) is 46.2 Å². The molecule has 0 aliphatic carbocycles. The molecular formula is C19H23N3OS. The van der Waals surface area contributed by atoms with Gasteiger partial charge in [-0.3, -0.25) is 0 Å². The van der Waals surface area contributed by atoms with Gasteiger partial charge in [0.1, 0.15) is 0 Å². The molecule has 1 N–H and O–H groups in total. The number of likely N-dealkylation sites (tertiary alicyclic amines) is 1. The van der Waals surface area contributed by atoms with E-state index in [9.17, 15) is 4.79 Å². The average molecular weight is 341 g/mol. The number of nitrogens with one attached hydrogen (secondary N) is 1. The minimum atomic E-state index is 0.0278. The Hall–Kier alpha value is -2.01. The van der Waals surface area contributed by atoms with Crippen molar-refractivity contribution in [3.63, 3.8) is 0 Å². The van der Waals surface area contributed by atoms with Crippen molar-refractivity contribution in [1.29, 1.82) is 0 Å². The fraction of sp³-hybridized carbons (Fsp3) is 0.421. The Morgan fingerprint density at radius 3 is 2.96 bits per heavy atom. The molecule has 0 spiro atoms. The topological polar surface area (TPSA) is 35.6 Å². The third-order valence-electron chi connectivity index (χ3n) is 5.01. The van der Waals surface area contributed by atoms with E-state index in [1.165, 1.54) is 10.4 Å². The van der Waals surface area contributed by atoms with Crippen molar-refractivity contribution >= 4 is 28.7 Å². The predicted octanol–water partition coefficient (Wildman–Crippen LogP) is 4.18. The van der Waals surface area contributed by atoms with Gasteiger partial charge in [-0.1, -0.05) is 19.1 Å². The second-order valence-corrected chi connectivity index (χ2v) is 7.83. The number of para-hydroxylation sites is 2. The summed E-state index contributed by atoms with van der Waals surface area (Å²) in [4.78, 5) is 18.3. The Kier molecular flexibility index (Phi) is 4.19. The molecule has 4 nitrogen and oxygen atoms in total. The first-order chi connectivity index (χ1) is 11.7. The van der Waals surface area contributed by atoms with Crippen LogP contribution in [0, 0.1) is 5.92 Å². The van der Waals surface area contributed by atoms with Crippen LogP contribution in [0.25, 0.3) is 0 Å². The molecule has 3 heterocycles. The first kappa shape index (κ1) is 15.5. The zero-order valence-electron chi connectivity index (χ0n) is 14.0. The zero-order chi connectivity index (χ0) is 16.5. The van der Waals surface area contributed by atoms with Gasteiger partial charge in [0.05, 0.1) is 11.4 Å². The summed E-state index contributed by atoms with van der Waals surface area (Å²) >= 11 is 1.85. The first-order valence-electron chi connectivity index (χ1n) is 8.66. The number of benzene rings is 1. The Bertz CT molecular complexity index is 742. The number of carbonyl (C=O) groups is 1. The Balaban J connectivity index is 1.52. The highest BCUT2D eigenvalue weighted by Gasteiger charge is 2.25. The van der Waals surface area contributed by atoms with Crippen molar-refractivity contribution in [1.82, 2.24) is 4.90 Å². The van der Waals surface area contributed by atoms with Gasteiger partial charge >= 0.3 is 6.03 Å². The first-order valence-corrected chi connectivity index (χ1v) is 9.54. The summed E-state index contributed by atoms with van der Waals surface area (Å²) in [5, 5.41) is 5.31. The maximum Gasteiger partial charge on any atom is 0.321 e. The smallest absolute Gasteiger partial charge is 0.321 e. The molecule has 24 heavy (non-hydrogen) atoms. The Labute approximate surface area is 147 Å². The Morgan fingerprint density at radius 2 is 2.12 bits per heavy atom. The summed E-state index contributed by atoms with van der Waals surface area (Å²) in [5.41, 5.74) is 3.46. The van der Waals surface area contributed by atoms with Gasteiger partial charge in [0.2, 0.25) is 0 Å². The minimum Gasteiger partial charge on any atom is -0.365 e. The number of carbonyl (C=O) groups excluding carboxylic acids is 1. The van der Waals surface area contributed by atoms with E-state index in [4.69, 9.17) is 0 Å². The highest BCUT2D eigenvalue weighted by molar-refractivity contribution is 7.10. The third kappa shape index (κ3) is 3.00. The molecule has 2 aromatic rings. The van der Waals surface area contributed by atoms with Crippen LogP contribution in [0.2, 0.25) is 0 Å². The van der Waals surface area contributed by atoms with Crippen LogP contribution in [0.4, 0.5) is 16.2 Å². The summed E-state index contributed by atoms with van der Waals surface area (Å²) in [5.74, 6) is 0.602. The van der Waals surface area contributed by atoms with E-state index < -0.39 is 0 Å². The average Bonchev–Trinajstić information content (AvgIpc) is 3.23. The molecule has 1 aromatic carbocycles. The van der Waals surface area contributed by atoms with Crippen molar-refractivity contribution in [2.75, 3.05) is 29.9 Å². The van der Waals surface area contributed by atoms with E-state index in [0.717, 1.165) is 50.4 Å². The van der Waals surface area contributed by atoms with Crippen LogP contribution >= 0.6 is 11.3 Å². The van der Waals surface area contributed by atoms with Gasteiger partial charge in [0, 0.05) is 31.1 Å². The molecule has 126 valence electrons. The molecule has 1 atom stereocenters. The Morgan fingerprint density at radius 1 is 1.25 bits per heavy atom.